The Morgan fingerprint density at radius 1 is 1.56 bits per heavy atom. The van der Waals surface area contributed by atoms with Crippen molar-refractivity contribution in [1.82, 2.24) is 5.32 Å². The Labute approximate surface area is 92.6 Å². The van der Waals surface area contributed by atoms with E-state index in [1.165, 1.54) is 12.1 Å². The predicted octanol–water partition coefficient (Wildman–Crippen LogP) is -0.692. The van der Waals surface area contributed by atoms with Crippen LogP contribution in [0.4, 0.5) is 4.39 Å². The number of benzene rings is 1. The largest absolute Gasteiger partial charge is 0.488 e. The number of carbonyl (C=O) groups excluding carboxylic acids is 1. The highest BCUT2D eigenvalue weighted by Crippen LogP contribution is 2.01. The summed E-state index contributed by atoms with van der Waals surface area (Å²) < 4.78 is 12.8. The molecular formula is C10H11BFNO3. The lowest BCUT2D eigenvalue weighted by molar-refractivity contribution is -0.116. The SMILES string of the molecule is C=CC(=O)NCc1ccc(F)cc1B(O)O. The molecule has 0 atom stereocenters. The number of nitrogens with one attached hydrogen (secondary N) is 1. The van der Waals surface area contributed by atoms with Crippen LogP contribution in [-0.2, 0) is 11.3 Å². The molecule has 1 aromatic rings. The third-order valence-corrected chi connectivity index (χ3v) is 2.02. The van der Waals surface area contributed by atoms with Gasteiger partial charge in [0.1, 0.15) is 5.82 Å². The van der Waals surface area contributed by atoms with Crippen LogP contribution in [0.25, 0.3) is 0 Å². The van der Waals surface area contributed by atoms with E-state index in [-0.39, 0.29) is 17.9 Å². The second-order valence-corrected chi connectivity index (χ2v) is 3.14. The predicted molar refractivity (Wildman–Crippen MR) is 58.3 cm³/mol. The van der Waals surface area contributed by atoms with E-state index in [2.05, 4.69) is 11.9 Å². The topological polar surface area (TPSA) is 69.6 Å². The Morgan fingerprint density at radius 2 is 2.25 bits per heavy atom. The minimum Gasteiger partial charge on any atom is -0.423 e. The standard InChI is InChI=1S/C10H11BFNO3/c1-2-10(14)13-6-7-3-4-8(12)5-9(7)11(15)16/h2-5,15-16H,1,6H2,(H,13,14). The summed E-state index contributed by atoms with van der Waals surface area (Å²) in [5.41, 5.74) is 0.468. The Bertz CT molecular complexity index is 409. The van der Waals surface area contributed by atoms with Gasteiger partial charge in [0.2, 0.25) is 5.91 Å². The molecule has 0 spiro atoms. The summed E-state index contributed by atoms with van der Waals surface area (Å²) in [5, 5.41) is 20.5. The van der Waals surface area contributed by atoms with E-state index < -0.39 is 12.9 Å². The van der Waals surface area contributed by atoms with Crippen LogP contribution >= 0.6 is 0 Å². The first-order valence-electron chi connectivity index (χ1n) is 4.59. The molecule has 0 saturated carbocycles. The van der Waals surface area contributed by atoms with Gasteiger partial charge in [0.05, 0.1) is 0 Å². The van der Waals surface area contributed by atoms with E-state index >= 15 is 0 Å². The zero-order chi connectivity index (χ0) is 12.1. The molecule has 0 saturated heterocycles. The molecule has 16 heavy (non-hydrogen) atoms. The van der Waals surface area contributed by atoms with Crippen molar-refractivity contribution >= 4 is 18.5 Å². The maximum atomic E-state index is 12.8. The van der Waals surface area contributed by atoms with E-state index in [0.717, 1.165) is 12.1 Å². The number of rotatable bonds is 4. The minimum absolute atomic E-state index is 0.0318. The fraction of sp³-hybridized carbons (Fsp3) is 0.100. The first-order chi connectivity index (χ1) is 7.54. The summed E-state index contributed by atoms with van der Waals surface area (Å²) in [5.74, 6) is -0.954. The van der Waals surface area contributed by atoms with Gasteiger partial charge in [0, 0.05) is 6.54 Å². The van der Waals surface area contributed by atoms with E-state index in [1.807, 2.05) is 0 Å². The van der Waals surface area contributed by atoms with Crippen LogP contribution in [0.1, 0.15) is 5.56 Å². The van der Waals surface area contributed by atoms with Crippen molar-refractivity contribution in [1.29, 1.82) is 0 Å². The lowest BCUT2D eigenvalue weighted by Crippen LogP contribution is -2.35. The molecule has 0 heterocycles. The summed E-state index contributed by atoms with van der Waals surface area (Å²) in [6.07, 6.45) is 1.10. The number of carbonyl (C=O) groups is 1. The van der Waals surface area contributed by atoms with Crippen LogP contribution in [0.5, 0.6) is 0 Å². The quantitative estimate of drug-likeness (QED) is 0.467. The van der Waals surface area contributed by atoms with Crippen LogP contribution in [0.2, 0.25) is 0 Å². The van der Waals surface area contributed by atoms with Crippen LogP contribution in [0.15, 0.2) is 30.9 Å². The normalized spacial score (nSPS) is 9.69. The third kappa shape index (κ3) is 3.18. The monoisotopic (exact) mass is 223 g/mol. The number of hydrogen-bond donors (Lipinski definition) is 3. The van der Waals surface area contributed by atoms with E-state index in [4.69, 9.17) is 10.0 Å². The molecule has 1 amide bonds. The Balaban J connectivity index is 2.86. The van der Waals surface area contributed by atoms with Crippen molar-refractivity contribution in [2.75, 3.05) is 0 Å². The van der Waals surface area contributed by atoms with E-state index in [9.17, 15) is 9.18 Å². The third-order valence-electron chi connectivity index (χ3n) is 2.02. The number of hydrogen-bond acceptors (Lipinski definition) is 3. The molecule has 0 fully saturated rings. The first-order valence-corrected chi connectivity index (χ1v) is 4.59. The maximum Gasteiger partial charge on any atom is 0.488 e. The zero-order valence-corrected chi connectivity index (χ0v) is 8.48. The molecule has 6 heteroatoms. The van der Waals surface area contributed by atoms with Crippen molar-refractivity contribution in [3.05, 3.63) is 42.2 Å². The van der Waals surface area contributed by atoms with Gasteiger partial charge < -0.3 is 15.4 Å². The molecule has 0 aliphatic carbocycles. The summed E-state index contributed by atoms with van der Waals surface area (Å²) >= 11 is 0. The highest BCUT2D eigenvalue weighted by molar-refractivity contribution is 6.59. The first kappa shape index (κ1) is 12.4. The number of halogens is 1. The molecule has 0 aliphatic rings. The molecule has 0 unspecified atom stereocenters. The lowest BCUT2D eigenvalue weighted by atomic mass is 9.77. The van der Waals surface area contributed by atoms with Gasteiger partial charge in [-0.1, -0.05) is 12.6 Å². The van der Waals surface area contributed by atoms with Crippen molar-refractivity contribution in [3.8, 4) is 0 Å². The minimum atomic E-state index is -1.77. The van der Waals surface area contributed by atoms with Crippen molar-refractivity contribution < 1.29 is 19.2 Å². The molecule has 84 valence electrons. The van der Waals surface area contributed by atoms with Gasteiger partial charge in [0.15, 0.2) is 0 Å². The molecule has 1 rings (SSSR count). The molecule has 0 aromatic heterocycles. The van der Waals surface area contributed by atoms with E-state index in [0.29, 0.717) is 5.56 Å². The molecule has 4 nitrogen and oxygen atoms in total. The summed E-state index contributed by atoms with van der Waals surface area (Å²) in [7, 11) is -1.77. The average molecular weight is 223 g/mol. The van der Waals surface area contributed by atoms with Gasteiger partial charge in [-0.3, -0.25) is 4.79 Å². The molecule has 1 aromatic carbocycles. The average Bonchev–Trinajstić information content (AvgIpc) is 2.26. The van der Waals surface area contributed by atoms with Crippen LogP contribution < -0.4 is 10.8 Å². The van der Waals surface area contributed by atoms with Gasteiger partial charge in [-0.15, -0.1) is 0 Å². The van der Waals surface area contributed by atoms with Gasteiger partial charge in [-0.25, -0.2) is 4.39 Å². The summed E-state index contributed by atoms with van der Waals surface area (Å²) in [4.78, 5) is 10.9. The van der Waals surface area contributed by atoms with Gasteiger partial charge >= 0.3 is 7.12 Å². The Kier molecular flexibility index (Phi) is 4.22. The van der Waals surface area contributed by atoms with Crippen LogP contribution in [-0.4, -0.2) is 23.1 Å². The Morgan fingerprint density at radius 3 is 2.81 bits per heavy atom. The second-order valence-electron chi connectivity index (χ2n) is 3.14. The van der Waals surface area contributed by atoms with Gasteiger partial charge in [0.25, 0.3) is 0 Å². The van der Waals surface area contributed by atoms with Crippen molar-refractivity contribution in [2.45, 2.75) is 6.54 Å². The zero-order valence-electron chi connectivity index (χ0n) is 8.48. The molecule has 0 aliphatic heterocycles. The van der Waals surface area contributed by atoms with Crippen molar-refractivity contribution in [3.63, 3.8) is 0 Å². The Hall–Kier alpha value is -1.66. The second kappa shape index (κ2) is 5.43. The fourth-order valence-corrected chi connectivity index (χ4v) is 1.22. The van der Waals surface area contributed by atoms with Gasteiger partial charge in [-0.05, 0) is 29.2 Å². The van der Waals surface area contributed by atoms with Crippen LogP contribution in [0.3, 0.4) is 0 Å². The van der Waals surface area contributed by atoms with Crippen LogP contribution in [0, 0.1) is 5.82 Å². The van der Waals surface area contributed by atoms with Crippen molar-refractivity contribution in [2.24, 2.45) is 0 Å². The van der Waals surface area contributed by atoms with E-state index in [1.54, 1.807) is 0 Å². The fourth-order valence-electron chi connectivity index (χ4n) is 1.22. The molecule has 0 radical (unpaired) electrons. The number of amides is 1. The summed E-state index contributed by atoms with van der Waals surface area (Å²) in [6.45, 7) is 3.36. The molecular weight excluding hydrogens is 212 g/mol. The summed E-state index contributed by atoms with van der Waals surface area (Å²) in [6, 6.07) is 3.58. The molecule has 0 bridgehead atoms. The lowest BCUT2D eigenvalue weighted by Gasteiger charge is -2.09. The highest BCUT2D eigenvalue weighted by Gasteiger charge is 2.16. The maximum absolute atomic E-state index is 12.8. The van der Waals surface area contributed by atoms with Gasteiger partial charge in [-0.2, -0.15) is 0 Å². The highest BCUT2D eigenvalue weighted by atomic mass is 19.1. The smallest absolute Gasteiger partial charge is 0.423 e. The molecule has 3 N–H and O–H groups in total.